The highest BCUT2D eigenvalue weighted by molar-refractivity contribution is 6.31. The predicted octanol–water partition coefficient (Wildman–Crippen LogP) is 6.04. The van der Waals surface area contributed by atoms with Crippen molar-refractivity contribution in [1.29, 1.82) is 0 Å². The summed E-state index contributed by atoms with van der Waals surface area (Å²) >= 11 is 6.38. The Balaban J connectivity index is 1.36. The highest BCUT2D eigenvalue weighted by Gasteiger charge is 2.42. The van der Waals surface area contributed by atoms with E-state index in [9.17, 15) is 27.9 Å². The van der Waals surface area contributed by atoms with Crippen LogP contribution in [0.3, 0.4) is 0 Å². The van der Waals surface area contributed by atoms with Gasteiger partial charge in [0.1, 0.15) is 5.56 Å². The van der Waals surface area contributed by atoms with Crippen LogP contribution in [0, 0.1) is 0 Å². The van der Waals surface area contributed by atoms with Crippen LogP contribution in [0.1, 0.15) is 41.9 Å². The molecule has 2 aliphatic heterocycles. The third kappa shape index (κ3) is 6.13. The number of ether oxygens (including phenoxy) is 1. The molecule has 0 saturated carbocycles. The summed E-state index contributed by atoms with van der Waals surface area (Å²) in [6.45, 7) is 5.42. The van der Waals surface area contributed by atoms with Crippen LogP contribution < -0.4 is 9.80 Å². The second kappa shape index (κ2) is 12.1. The molecule has 3 heterocycles. The Morgan fingerprint density at radius 1 is 1.05 bits per heavy atom. The number of rotatable bonds is 6. The smallest absolute Gasteiger partial charge is 0.433 e. The summed E-state index contributed by atoms with van der Waals surface area (Å²) in [4.78, 5) is 29.4. The topological polar surface area (TPSA) is 91.1 Å². The fourth-order valence-corrected chi connectivity index (χ4v) is 5.84. The molecule has 0 aliphatic carbocycles. The van der Waals surface area contributed by atoms with Crippen molar-refractivity contribution >= 4 is 35.0 Å². The van der Waals surface area contributed by atoms with Crippen LogP contribution >= 0.6 is 11.6 Å². The van der Waals surface area contributed by atoms with E-state index in [0.29, 0.717) is 57.2 Å². The molecule has 2 aromatic carbocycles. The first-order valence-electron chi connectivity index (χ1n) is 13.8. The summed E-state index contributed by atoms with van der Waals surface area (Å²) in [6.07, 6.45) is -3.37. The Bertz CT molecular complexity index is 1440. The van der Waals surface area contributed by atoms with Crippen molar-refractivity contribution < 1.29 is 32.6 Å². The zero-order valence-corrected chi connectivity index (χ0v) is 23.7. The van der Waals surface area contributed by atoms with Crippen LogP contribution in [-0.4, -0.2) is 77.7 Å². The first-order chi connectivity index (χ1) is 20.1. The lowest BCUT2D eigenvalue weighted by Crippen LogP contribution is -2.49. The molecule has 0 radical (unpaired) electrons. The third-order valence-electron chi connectivity index (χ3n) is 7.69. The van der Waals surface area contributed by atoms with Crippen molar-refractivity contribution in [3.63, 3.8) is 0 Å². The van der Waals surface area contributed by atoms with Crippen molar-refractivity contribution in [3.05, 3.63) is 64.9 Å². The molecular weight excluding hydrogens is 575 g/mol. The second-order valence-corrected chi connectivity index (χ2v) is 10.7. The number of carbonyl (C=O) groups excluding carboxylic acids is 1. The number of carbonyl (C=O) groups is 2. The molecule has 0 spiro atoms. The lowest BCUT2D eigenvalue weighted by atomic mass is 9.99. The molecule has 1 aromatic heterocycles. The van der Waals surface area contributed by atoms with E-state index in [0.717, 1.165) is 33.4 Å². The number of piperidine rings is 1. The second-order valence-electron chi connectivity index (χ2n) is 10.3. The average molecular weight is 606 g/mol. The maximum Gasteiger partial charge on any atom is 0.433 e. The van der Waals surface area contributed by atoms with Crippen LogP contribution in [0.2, 0.25) is 5.02 Å². The Morgan fingerprint density at radius 3 is 2.40 bits per heavy atom. The summed E-state index contributed by atoms with van der Waals surface area (Å²) < 4.78 is 47.6. The number of aromatic carboxylic acids is 1. The third-order valence-corrected chi connectivity index (χ3v) is 7.92. The lowest BCUT2D eigenvalue weighted by molar-refractivity contribution is -0.145. The minimum absolute atomic E-state index is 0.208. The minimum atomic E-state index is -4.86. The molecule has 1 amide bonds. The first kappa shape index (κ1) is 29.6. The SMILES string of the molecule is CCOC(=O)N1CCN(c2ccc(-c3ccc(Cl)cc3N3CCCC(n4ncc(C(=O)O)c4C(F)(F)F)C3)cc2)CC1. The number of alkyl halides is 3. The van der Waals surface area contributed by atoms with Crippen molar-refractivity contribution in [2.45, 2.75) is 32.0 Å². The van der Waals surface area contributed by atoms with Gasteiger partial charge in [0, 0.05) is 61.2 Å². The van der Waals surface area contributed by atoms with Crippen LogP contribution in [0.15, 0.2) is 48.7 Å². The number of halogens is 4. The summed E-state index contributed by atoms with van der Waals surface area (Å²) in [7, 11) is 0. The fraction of sp³-hybridized carbons (Fsp3) is 0.414. The molecule has 2 aliphatic rings. The minimum Gasteiger partial charge on any atom is -0.478 e. The number of anilines is 2. The molecule has 1 N–H and O–H groups in total. The summed E-state index contributed by atoms with van der Waals surface area (Å²) in [5.41, 5.74) is 1.49. The largest absolute Gasteiger partial charge is 0.478 e. The summed E-state index contributed by atoms with van der Waals surface area (Å²) in [5.74, 6) is -1.66. The number of amides is 1. The zero-order chi connectivity index (χ0) is 30.0. The Labute approximate surface area is 246 Å². The van der Waals surface area contributed by atoms with Crippen molar-refractivity contribution in [2.24, 2.45) is 0 Å². The molecular formula is C29H31ClF3N5O4. The van der Waals surface area contributed by atoms with Crippen LogP contribution in [-0.2, 0) is 10.9 Å². The van der Waals surface area contributed by atoms with E-state index in [1.54, 1.807) is 24.0 Å². The fourth-order valence-electron chi connectivity index (χ4n) is 5.68. The number of nitrogens with zero attached hydrogens (tertiary/aromatic N) is 5. The van der Waals surface area contributed by atoms with Gasteiger partial charge in [-0.15, -0.1) is 0 Å². The molecule has 2 fully saturated rings. The Morgan fingerprint density at radius 2 is 1.76 bits per heavy atom. The van der Waals surface area contributed by atoms with Gasteiger partial charge < -0.3 is 24.5 Å². The zero-order valence-electron chi connectivity index (χ0n) is 23.0. The average Bonchev–Trinajstić information content (AvgIpc) is 3.45. The number of aromatic nitrogens is 2. The molecule has 3 aromatic rings. The van der Waals surface area contributed by atoms with Gasteiger partial charge >= 0.3 is 18.2 Å². The maximum atomic E-state index is 13.9. The van der Waals surface area contributed by atoms with Crippen LogP contribution in [0.5, 0.6) is 0 Å². The number of piperazine rings is 1. The Hall–Kier alpha value is -3.93. The van der Waals surface area contributed by atoms with Gasteiger partial charge in [-0.1, -0.05) is 29.8 Å². The number of carboxylic acids is 1. The van der Waals surface area contributed by atoms with Gasteiger partial charge in [0.25, 0.3) is 0 Å². The molecule has 2 saturated heterocycles. The quantitative estimate of drug-likeness (QED) is 0.366. The molecule has 9 nitrogen and oxygen atoms in total. The number of carboxylic acid groups (broad SMARTS) is 1. The maximum absolute atomic E-state index is 13.9. The van der Waals surface area contributed by atoms with Gasteiger partial charge in [-0.05, 0) is 49.6 Å². The highest BCUT2D eigenvalue weighted by atomic mass is 35.5. The van der Waals surface area contributed by atoms with Crippen LogP contribution in [0.4, 0.5) is 29.3 Å². The van der Waals surface area contributed by atoms with Gasteiger partial charge in [-0.2, -0.15) is 18.3 Å². The highest BCUT2D eigenvalue weighted by Crippen LogP contribution is 2.39. The Kier molecular flexibility index (Phi) is 8.53. The van der Waals surface area contributed by atoms with E-state index in [1.807, 2.05) is 35.2 Å². The monoisotopic (exact) mass is 605 g/mol. The number of benzene rings is 2. The standard InChI is InChI=1S/C29H31ClF3N5O4/c1-2-42-28(41)36-14-12-35(13-15-36)21-8-5-19(6-9-21)23-10-7-20(30)16-25(23)37-11-3-4-22(18-37)38-26(29(31,32)33)24(17-34-38)27(39)40/h5-10,16-17,22H,2-4,11-15,18H2,1H3,(H,39,40). The van der Waals surface area contributed by atoms with Crippen LogP contribution in [0.25, 0.3) is 11.1 Å². The predicted molar refractivity (Wildman–Crippen MR) is 152 cm³/mol. The van der Waals surface area contributed by atoms with E-state index in [1.165, 1.54) is 0 Å². The first-order valence-corrected chi connectivity index (χ1v) is 14.1. The number of hydrogen-bond acceptors (Lipinski definition) is 6. The molecule has 42 heavy (non-hydrogen) atoms. The van der Waals surface area contributed by atoms with Gasteiger partial charge in [-0.25, -0.2) is 9.59 Å². The molecule has 1 unspecified atom stereocenters. The van der Waals surface area contributed by atoms with E-state index in [-0.39, 0.29) is 12.6 Å². The van der Waals surface area contributed by atoms with Crippen molar-refractivity contribution in [3.8, 4) is 11.1 Å². The van der Waals surface area contributed by atoms with Crippen molar-refractivity contribution in [1.82, 2.24) is 14.7 Å². The molecule has 1 atom stereocenters. The van der Waals surface area contributed by atoms with Gasteiger partial charge in [0.15, 0.2) is 5.69 Å². The van der Waals surface area contributed by atoms with E-state index in [2.05, 4.69) is 10.00 Å². The van der Waals surface area contributed by atoms with Gasteiger partial charge in [0.2, 0.25) is 0 Å². The normalized spacial score (nSPS) is 17.8. The van der Waals surface area contributed by atoms with Crippen molar-refractivity contribution in [2.75, 3.05) is 55.7 Å². The molecule has 224 valence electrons. The van der Waals surface area contributed by atoms with E-state index in [4.69, 9.17) is 16.3 Å². The molecule has 5 rings (SSSR count). The van der Waals surface area contributed by atoms with E-state index < -0.39 is 29.4 Å². The lowest BCUT2D eigenvalue weighted by Gasteiger charge is -2.36. The van der Waals surface area contributed by atoms with E-state index >= 15 is 0 Å². The molecule has 0 bridgehead atoms. The molecule has 13 heteroatoms. The van der Waals surface area contributed by atoms with Gasteiger partial charge in [0.05, 0.1) is 18.8 Å². The summed E-state index contributed by atoms with van der Waals surface area (Å²) in [5, 5.41) is 13.7. The summed E-state index contributed by atoms with van der Waals surface area (Å²) in [6, 6.07) is 12.8. The number of hydrogen-bond donors (Lipinski definition) is 1. The van der Waals surface area contributed by atoms with Gasteiger partial charge in [-0.3, -0.25) is 4.68 Å².